The van der Waals surface area contributed by atoms with Crippen molar-refractivity contribution in [3.8, 4) is 5.75 Å². The molecule has 2 aromatic carbocycles. The summed E-state index contributed by atoms with van der Waals surface area (Å²) >= 11 is 7.47. The summed E-state index contributed by atoms with van der Waals surface area (Å²) in [6.45, 7) is 6.26. The Morgan fingerprint density at radius 2 is 1.60 bits per heavy atom. The van der Waals surface area contributed by atoms with Crippen molar-refractivity contribution in [3.63, 3.8) is 0 Å². The van der Waals surface area contributed by atoms with E-state index in [-0.39, 0.29) is 4.83 Å². The summed E-state index contributed by atoms with van der Waals surface area (Å²) in [4.78, 5) is 0.167. The number of methoxy groups -OCH3 is 1. The number of benzene rings is 2. The summed E-state index contributed by atoms with van der Waals surface area (Å²) in [5.74, 6) is 0.969. The molecule has 0 aliphatic carbocycles. The van der Waals surface area contributed by atoms with E-state index in [0.717, 1.165) is 21.3 Å². The Bertz CT molecular complexity index is 612. The van der Waals surface area contributed by atoms with Crippen LogP contribution in [0.4, 0.5) is 0 Å². The molecule has 0 radical (unpaired) electrons. The molecule has 1 atom stereocenters. The van der Waals surface area contributed by atoms with Gasteiger partial charge in [0.1, 0.15) is 5.75 Å². The van der Waals surface area contributed by atoms with E-state index in [9.17, 15) is 0 Å². The Balaban J connectivity index is 2.45. The summed E-state index contributed by atoms with van der Waals surface area (Å²) in [6, 6.07) is 10.8. The van der Waals surface area contributed by atoms with Crippen LogP contribution in [0.15, 0.2) is 34.8 Å². The number of hydrogen-bond acceptors (Lipinski definition) is 1. The number of alkyl halides is 1. The molecule has 0 aliphatic rings. The zero-order valence-corrected chi connectivity index (χ0v) is 15.3. The van der Waals surface area contributed by atoms with Gasteiger partial charge in [-0.3, -0.25) is 0 Å². The number of rotatable bonds is 3. The highest BCUT2D eigenvalue weighted by atomic mass is 79.9. The molecule has 0 saturated heterocycles. The minimum absolute atomic E-state index is 0.167. The second-order valence-electron chi connectivity index (χ2n) is 5.08. The van der Waals surface area contributed by atoms with Crippen molar-refractivity contribution in [1.29, 1.82) is 0 Å². The van der Waals surface area contributed by atoms with Gasteiger partial charge in [0.15, 0.2) is 0 Å². The third-order valence-electron chi connectivity index (χ3n) is 3.41. The van der Waals surface area contributed by atoms with Crippen molar-refractivity contribution in [1.82, 2.24) is 0 Å². The van der Waals surface area contributed by atoms with E-state index in [1.807, 2.05) is 0 Å². The number of aryl methyl sites for hydroxylation is 3. The SMILES string of the molecule is COc1c(C)cc(C(Br)c2ccc(C)cc2Br)cc1C. The molecule has 3 heteroatoms. The van der Waals surface area contributed by atoms with E-state index in [2.05, 4.69) is 83.0 Å². The van der Waals surface area contributed by atoms with Crippen molar-refractivity contribution in [2.75, 3.05) is 7.11 Å². The van der Waals surface area contributed by atoms with Crippen LogP contribution < -0.4 is 4.74 Å². The summed E-state index contributed by atoms with van der Waals surface area (Å²) in [7, 11) is 1.72. The highest BCUT2D eigenvalue weighted by Gasteiger charge is 2.16. The molecule has 0 aliphatic heterocycles. The van der Waals surface area contributed by atoms with E-state index < -0.39 is 0 Å². The lowest BCUT2D eigenvalue weighted by molar-refractivity contribution is 0.408. The van der Waals surface area contributed by atoms with Gasteiger partial charge in [-0.15, -0.1) is 0 Å². The monoisotopic (exact) mass is 396 g/mol. The van der Waals surface area contributed by atoms with Gasteiger partial charge in [-0.2, -0.15) is 0 Å². The van der Waals surface area contributed by atoms with Crippen LogP contribution in [0, 0.1) is 20.8 Å². The summed E-state index contributed by atoms with van der Waals surface area (Å²) in [5, 5.41) is 0. The maximum atomic E-state index is 5.43. The van der Waals surface area contributed by atoms with Crippen molar-refractivity contribution in [3.05, 3.63) is 62.6 Å². The van der Waals surface area contributed by atoms with Crippen molar-refractivity contribution in [2.45, 2.75) is 25.6 Å². The van der Waals surface area contributed by atoms with Gasteiger partial charge in [0.25, 0.3) is 0 Å². The van der Waals surface area contributed by atoms with Crippen LogP contribution in [0.25, 0.3) is 0 Å². The van der Waals surface area contributed by atoms with Gasteiger partial charge in [-0.25, -0.2) is 0 Å². The topological polar surface area (TPSA) is 9.23 Å². The van der Waals surface area contributed by atoms with Crippen LogP contribution in [-0.4, -0.2) is 7.11 Å². The zero-order chi connectivity index (χ0) is 14.9. The quantitative estimate of drug-likeness (QED) is 0.588. The minimum atomic E-state index is 0.167. The second-order valence-corrected chi connectivity index (χ2v) is 6.85. The van der Waals surface area contributed by atoms with Crippen molar-refractivity contribution >= 4 is 31.9 Å². The number of hydrogen-bond donors (Lipinski definition) is 0. The lowest BCUT2D eigenvalue weighted by Crippen LogP contribution is -1.98. The van der Waals surface area contributed by atoms with Gasteiger partial charge in [0.05, 0.1) is 11.9 Å². The van der Waals surface area contributed by atoms with Crippen LogP contribution in [0.1, 0.15) is 32.6 Å². The number of halogens is 2. The summed E-state index contributed by atoms with van der Waals surface area (Å²) in [6.07, 6.45) is 0. The van der Waals surface area contributed by atoms with E-state index >= 15 is 0 Å². The predicted octanol–water partition coefficient (Wildman–Crippen LogP) is 5.87. The zero-order valence-electron chi connectivity index (χ0n) is 12.1. The van der Waals surface area contributed by atoms with Crippen LogP contribution in [0.3, 0.4) is 0 Å². The Hall–Kier alpha value is -0.800. The van der Waals surface area contributed by atoms with Crippen LogP contribution in [0.5, 0.6) is 5.75 Å². The van der Waals surface area contributed by atoms with Crippen LogP contribution >= 0.6 is 31.9 Å². The Labute approximate surface area is 137 Å². The molecule has 0 fully saturated rings. The third kappa shape index (κ3) is 3.09. The lowest BCUT2D eigenvalue weighted by Gasteiger charge is -2.17. The lowest BCUT2D eigenvalue weighted by atomic mass is 9.99. The molecule has 20 heavy (non-hydrogen) atoms. The Morgan fingerprint density at radius 3 is 2.10 bits per heavy atom. The van der Waals surface area contributed by atoms with Crippen molar-refractivity contribution < 1.29 is 4.74 Å². The molecule has 0 heterocycles. The fraction of sp³-hybridized carbons (Fsp3) is 0.294. The normalized spacial score (nSPS) is 12.3. The van der Waals surface area contributed by atoms with Gasteiger partial charge in [0, 0.05) is 4.47 Å². The van der Waals surface area contributed by atoms with E-state index in [1.165, 1.54) is 16.7 Å². The van der Waals surface area contributed by atoms with Crippen molar-refractivity contribution in [2.24, 2.45) is 0 Å². The van der Waals surface area contributed by atoms with E-state index in [4.69, 9.17) is 4.74 Å². The highest BCUT2D eigenvalue weighted by Crippen LogP contribution is 2.38. The van der Waals surface area contributed by atoms with Gasteiger partial charge in [0.2, 0.25) is 0 Å². The Kier molecular flexibility index (Phi) is 4.92. The maximum absolute atomic E-state index is 5.43. The molecule has 0 aromatic heterocycles. The molecule has 2 aromatic rings. The fourth-order valence-corrected chi connectivity index (χ4v) is 4.16. The van der Waals surface area contributed by atoms with E-state index in [1.54, 1.807) is 7.11 Å². The smallest absolute Gasteiger partial charge is 0.124 e. The average molecular weight is 398 g/mol. The molecule has 0 bridgehead atoms. The van der Waals surface area contributed by atoms with Gasteiger partial charge in [-0.05, 0) is 54.7 Å². The van der Waals surface area contributed by atoms with E-state index in [0.29, 0.717) is 0 Å². The first-order chi connectivity index (χ1) is 9.43. The molecule has 2 rings (SSSR count). The van der Waals surface area contributed by atoms with Crippen LogP contribution in [-0.2, 0) is 0 Å². The van der Waals surface area contributed by atoms with Gasteiger partial charge < -0.3 is 4.74 Å². The molecule has 1 nitrogen and oxygen atoms in total. The molecule has 0 N–H and O–H groups in total. The predicted molar refractivity (Wildman–Crippen MR) is 92.1 cm³/mol. The molecule has 0 amide bonds. The second kappa shape index (κ2) is 6.31. The first-order valence-corrected chi connectivity index (χ1v) is 8.20. The standard InChI is InChI=1S/C17H18Br2O/c1-10-5-6-14(15(18)7-10)16(19)13-8-11(2)17(20-4)12(3)9-13/h5-9,16H,1-4H3. The summed E-state index contributed by atoms with van der Waals surface area (Å²) in [5.41, 5.74) is 6.05. The summed E-state index contributed by atoms with van der Waals surface area (Å²) < 4.78 is 6.56. The molecule has 106 valence electrons. The average Bonchev–Trinajstić information content (AvgIpc) is 2.37. The molecule has 1 unspecified atom stereocenters. The third-order valence-corrected chi connectivity index (χ3v) is 5.12. The highest BCUT2D eigenvalue weighted by molar-refractivity contribution is 9.11. The molecule has 0 spiro atoms. The molecular weight excluding hydrogens is 380 g/mol. The number of ether oxygens (including phenoxy) is 1. The Morgan fingerprint density at radius 1 is 1.00 bits per heavy atom. The van der Waals surface area contributed by atoms with Crippen LogP contribution in [0.2, 0.25) is 0 Å². The van der Waals surface area contributed by atoms with Gasteiger partial charge in [-0.1, -0.05) is 56.1 Å². The van der Waals surface area contributed by atoms with Gasteiger partial charge >= 0.3 is 0 Å². The first kappa shape index (κ1) is 15.6. The molecular formula is C17H18Br2O. The minimum Gasteiger partial charge on any atom is -0.496 e. The molecule has 0 saturated carbocycles. The fourth-order valence-electron chi connectivity index (χ4n) is 2.47. The first-order valence-electron chi connectivity index (χ1n) is 6.49. The largest absolute Gasteiger partial charge is 0.496 e. The maximum Gasteiger partial charge on any atom is 0.124 e.